The molecule has 0 aliphatic heterocycles. The predicted octanol–water partition coefficient (Wildman–Crippen LogP) is 3.33. The molecular weight excluding hydrogens is 338 g/mol. The zero-order valence-electron chi connectivity index (χ0n) is 13.1. The minimum absolute atomic E-state index is 0.220. The lowest BCUT2D eigenvalue weighted by Crippen LogP contribution is -2.33. The molecule has 3 unspecified atom stereocenters. The van der Waals surface area contributed by atoms with Crippen LogP contribution in [-0.4, -0.2) is 50.5 Å². The van der Waals surface area contributed by atoms with Crippen molar-refractivity contribution < 1.29 is 30.5 Å². The van der Waals surface area contributed by atoms with Crippen LogP contribution >= 0.6 is 0 Å². The van der Waals surface area contributed by atoms with Crippen LogP contribution in [0.3, 0.4) is 0 Å². The van der Waals surface area contributed by atoms with Gasteiger partial charge in [-0.15, -0.1) is 6.58 Å². The third-order valence-corrected chi connectivity index (χ3v) is 3.58. The average Bonchev–Trinajstić information content (AvgIpc) is 2.48. The van der Waals surface area contributed by atoms with Gasteiger partial charge in [-0.1, -0.05) is 31.8 Å². The highest BCUT2D eigenvalue weighted by atomic mass is 32.2. The number of halogens is 4. The predicted molar refractivity (Wildman–Crippen MR) is 84.0 cm³/mol. The largest absolute Gasteiger partial charge is 0.327 e. The summed E-state index contributed by atoms with van der Waals surface area (Å²) in [4.78, 5) is 0. The lowest BCUT2D eigenvalue weighted by Gasteiger charge is -2.16. The van der Waals surface area contributed by atoms with Gasteiger partial charge < -0.3 is 5.73 Å². The summed E-state index contributed by atoms with van der Waals surface area (Å²) in [6.45, 7) is 3.53. The second-order valence-corrected chi connectivity index (χ2v) is 6.49. The van der Waals surface area contributed by atoms with Gasteiger partial charge in [0.25, 0.3) is 10.1 Å². The Morgan fingerprint density at radius 1 is 1.04 bits per heavy atom. The van der Waals surface area contributed by atoms with Gasteiger partial charge in [-0.05, 0) is 12.8 Å². The maximum Gasteiger partial charge on any atom is 0.267 e. The summed E-state index contributed by atoms with van der Waals surface area (Å²) in [7, 11) is -4.65. The topological polar surface area (TPSA) is 80.4 Å². The van der Waals surface area contributed by atoms with Gasteiger partial charge in [0.05, 0.1) is 6.67 Å². The molecule has 0 aliphatic rings. The Hall–Kier alpha value is -0.670. The van der Waals surface area contributed by atoms with E-state index in [9.17, 15) is 26.0 Å². The molecule has 0 spiro atoms. The molecule has 3 N–H and O–H groups in total. The Morgan fingerprint density at radius 2 is 1.52 bits per heavy atom. The summed E-state index contributed by atoms with van der Waals surface area (Å²) < 4.78 is 80.2. The van der Waals surface area contributed by atoms with Crippen molar-refractivity contribution in [1.82, 2.24) is 0 Å². The number of hydrogen-bond donors (Lipinski definition) is 2. The monoisotopic (exact) mass is 365 g/mol. The molecule has 0 aromatic heterocycles. The SMILES string of the molecule is C=CCN.O=S(=O)(O)CC(F)C(F)C(F)CCCCCCCF. The van der Waals surface area contributed by atoms with Crippen molar-refractivity contribution in [3.8, 4) is 0 Å². The Kier molecular flexibility index (Phi) is 15.9. The zero-order chi connectivity index (χ0) is 18.3. The highest BCUT2D eigenvalue weighted by Gasteiger charge is 2.32. The number of unbranched alkanes of at least 4 members (excludes halogenated alkanes) is 4. The second kappa shape index (κ2) is 14.9. The van der Waals surface area contributed by atoms with Crippen LogP contribution in [0.2, 0.25) is 0 Å². The Balaban J connectivity index is 0. The maximum atomic E-state index is 13.2. The van der Waals surface area contributed by atoms with E-state index in [0.29, 0.717) is 38.6 Å². The van der Waals surface area contributed by atoms with E-state index in [1.165, 1.54) is 0 Å². The summed E-state index contributed by atoms with van der Waals surface area (Å²) in [6, 6.07) is 0. The minimum Gasteiger partial charge on any atom is -0.327 e. The number of rotatable bonds is 12. The molecule has 0 aliphatic carbocycles. The van der Waals surface area contributed by atoms with Crippen LogP contribution in [-0.2, 0) is 10.1 Å². The van der Waals surface area contributed by atoms with Crippen LogP contribution in [0.15, 0.2) is 12.7 Å². The lowest BCUT2D eigenvalue weighted by molar-refractivity contribution is 0.0853. The van der Waals surface area contributed by atoms with E-state index < -0.39 is 41.1 Å². The van der Waals surface area contributed by atoms with Gasteiger partial charge in [-0.3, -0.25) is 8.94 Å². The molecule has 0 bridgehead atoms. The minimum atomic E-state index is -4.65. The molecule has 0 aromatic carbocycles. The Labute approximate surface area is 135 Å². The molecule has 0 saturated heterocycles. The van der Waals surface area contributed by atoms with Gasteiger partial charge in [0.2, 0.25) is 0 Å². The highest BCUT2D eigenvalue weighted by Crippen LogP contribution is 2.19. The van der Waals surface area contributed by atoms with Crippen molar-refractivity contribution in [1.29, 1.82) is 0 Å². The summed E-state index contributed by atoms with van der Waals surface area (Å²) in [6.07, 6.45) is -3.09. The zero-order valence-corrected chi connectivity index (χ0v) is 14.0. The molecule has 9 heteroatoms. The molecule has 23 heavy (non-hydrogen) atoms. The van der Waals surface area contributed by atoms with Crippen molar-refractivity contribution >= 4 is 10.1 Å². The molecule has 4 nitrogen and oxygen atoms in total. The highest BCUT2D eigenvalue weighted by molar-refractivity contribution is 7.85. The Bertz CT molecular complexity index is 382. The summed E-state index contributed by atoms with van der Waals surface area (Å²) in [5, 5.41) is 0. The fraction of sp³-hybridized carbons (Fsp3) is 0.857. The molecule has 3 atom stereocenters. The molecule has 0 saturated carbocycles. The van der Waals surface area contributed by atoms with Gasteiger partial charge in [0.1, 0.15) is 11.9 Å². The normalized spacial score (nSPS) is 15.2. The van der Waals surface area contributed by atoms with Crippen LogP contribution in [0.1, 0.15) is 38.5 Å². The van der Waals surface area contributed by atoms with Gasteiger partial charge in [-0.25, -0.2) is 13.2 Å². The van der Waals surface area contributed by atoms with E-state index in [1.807, 2.05) is 0 Å². The van der Waals surface area contributed by atoms with E-state index in [-0.39, 0.29) is 6.42 Å². The van der Waals surface area contributed by atoms with Gasteiger partial charge in [0.15, 0.2) is 12.3 Å². The van der Waals surface area contributed by atoms with Crippen LogP contribution < -0.4 is 5.73 Å². The number of nitrogens with two attached hydrogens (primary N) is 1. The van der Waals surface area contributed by atoms with Crippen LogP contribution in [0.5, 0.6) is 0 Å². The van der Waals surface area contributed by atoms with Crippen molar-refractivity contribution in [2.45, 2.75) is 57.0 Å². The quantitative estimate of drug-likeness (QED) is 0.241. The fourth-order valence-electron chi connectivity index (χ4n) is 1.64. The molecule has 0 aromatic rings. The maximum absolute atomic E-state index is 13.2. The van der Waals surface area contributed by atoms with Crippen LogP contribution in [0.4, 0.5) is 17.6 Å². The molecule has 0 rings (SSSR count). The first kappa shape index (κ1) is 24.6. The molecule has 140 valence electrons. The van der Waals surface area contributed by atoms with Crippen molar-refractivity contribution in [2.24, 2.45) is 5.73 Å². The molecule has 0 heterocycles. The third kappa shape index (κ3) is 17.5. The first-order chi connectivity index (χ1) is 10.7. The van der Waals surface area contributed by atoms with Crippen LogP contribution in [0.25, 0.3) is 0 Å². The molecule has 0 amide bonds. The summed E-state index contributed by atoms with van der Waals surface area (Å²) in [5.74, 6) is -1.44. The van der Waals surface area contributed by atoms with Crippen molar-refractivity contribution in [3.63, 3.8) is 0 Å². The second-order valence-electron chi connectivity index (χ2n) is 4.99. The van der Waals surface area contributed by atoms with E-state index >= 15 is 0 Å². The molecule has 0 radical (unpaired) electrons. The van der Waals surface area contributed by atoms with E-state index in [1.54, 1.807) is 6.08 Å². The average molecular weight is 365 g/mol. The number of hydrogen-bond acceptors (Lipinski definition) is 3. The van der Waals surface area contributed by atoms with Crippen LogP contribution in [0, 0.1) is 0 Å². The number of alkyl halides is 4. The fourth-order valence-corrected chi connectivity index (χ4v) is 2.23. The first-order valence-electron chi connectivity index (χ1n) is 7.43. The smallest absolute Gasteiger partial charge is 0.267 e. The lowest BCUT2D eigenvalue weighted by atomic mass is 10.0. The molecular formula is C14H27F4NO3S. The van der Waals surface area contributed by atoms with Gasteiger partial charge in [0, 0.05) is 6.54 Å². The first-order valence-corrected chi connectivity index (χ1v) is 9.04. The van der Waals surface area contributed by atoms with Gasteiger partial charge >= 0.3 is 0 Å². The third-order valence-electron chi connectivity index (χ3n) is 2.84. The summed E-state index contributed by atoms with van der Waals surface area (Å²) in [5.41, 5.74) is 4.91. The van der Waals surface area contributed by atoms with Gasteiger partial charge in [-0.2, -0.15) is 8.42 Å². The Morgan fingerprint density at radius 3 is 1.96 bits per heavy atom. The van der Waals surface area contributed by atoms with E-state index in [2.05, 4.69) is 6.58 Å². The van der Waals surface area contributed by atoms with Crippen molar-refractivity contribution in [2.75, 3.05) is 19.0 Å². The summed E-state index contributed by atoms with van der Waals surface area (Å²) >= 11 is 0. The standard InChI is InChI=1S/C11H20F4O3S.C3H7N/c12-7-5-3-1-2-4-6-9(13)11(15)10(14)8-19(16,17)18;1-2-3-4/h9-11H,1-8H2,(H,16,17,18);2H,1,3-4H2. The van der Waals surface area contributed by atoms with E-state index in [4.69, 9.17) is 10.3 Å². The molecule has 0 fully saturated rings. The van der Waals surface area contributed by atoms with Crippen molar-refractivity contribution in [3.05, 3.63) is 12.7 Å². The van der Waals surface area contributed by atoms with E-state index in [0.717, 1.165) is 0 Å².